The van der Waals surface area contributed by atoms with Crippen molar-refractivity contribution in [3.63, 3.8) is 0 Å². The van der Waals surface area contributed by atoms with E-state index in [0.717, 1.165) is 7.11 Å². The average molecular weight is 333 g/mol. The predicted molar refractivity (Wildman–Crippen MR) is 23.1 cm³/mol. The van der Waals surface area contributed by atoms with Gasteiger partial charge in [0.05, 0.1) is 0 Å². The van der Waals surface area contributed by atoms with Crippen LogP contribution >= 0.6 is 0 Å². The van der Waals surface area contributed by atoms with Gasteiger partial charge in [0.1, 0.15) is 0 Å². The number of aliphatic hydroxyl groups excluding tert-OH is 1. The molecule has 0 saturated carbocycles. The van der Waals surface area contributed by atoms with Crippen molar-refractivity contribution in [2.45, 2.75) is 0 Å². The summed E-state index contributed by atoms with van der Waals surface area (Å²) < 4.78 is 0. The van der Waals surface area contributed by atoms with Crippen LogP contribution in [-0.2, 0) is 0 Å². The molecule has 4 nitrogen and oxygen atoms in total. The third-order valence-corrected chi connectivity index (χ3v) is 0. The zero-order valence-corrected chi connectivity index (χ0v) is 8.21. The Morgan fingerprint density at radius 1 is 1.43 bits per heavy atom. The molecule has 0 bridgehead atoms. The summed E-state index contributed by atoms with van der Waals surface area (Å²) in [7, 11) is 1.00. The Hall–Kier alpha value is 0.442. The van der Waals surface area contributed by atoms with E-state index in [-0.39, 0.29) is 36.6 Å². The SMILES string of the molecule is C=NO.CO.O.[U]. The van der Waals surface area contributed by atoms with Gasteiger partial charge in [0.25, 0.3) is 0 Å². The van der Waals surface area contributed by atoms with Crippen molar-refractivity contribution in [1.82, 2.24) is 0 Å². The molecular formula is C2H9NO3U. The summed E-state index contributed by atoms with van der Waals surface area (Å²) in [6, 6.07) is 0. The summed E-state index contributed by atoms with van der Waals surface area (Å²) in [4.78, 5) is 0. The first-order valence-electron chi connectivity index (χ1n) is 0.963. The second kappa shape index (κ2) is 91.8. The molecule has 0 fully saturated rings. The first kappa shape index (κ1) is 26.1. The van der Waals surface area contributed by atoms with Crippen LogP contribution in [0.3, 0.4) is 0 Å². The van der Waals surface area contributed by atoms with Crippen molar-refractivity contribution < 1.29 is 46.9 Å². The molecule has 0 radical (unpaired) electrons. The molecule has 7 heavy (non-hydrogen) atoms. The van der Waals surface area contributed by atoms with Gasteiger partial charge in [0, 0.05) is 44.9 Å². The molecule has 0 spiro atoms. The molecule has 0 atom stereocenters. The number of hydrogen-bond donors (Lipinski definition) is 2. The Labute approximate surface area is 65.9 Å². The summed E-state index contributed by atoms with van der Waals surface area (Å²) in [5, 5.41) is 16.3. The second-order valence-electron chi connectivity index (χ2n) is 0.141. The van der Waals surface area contributed by atoms with Gasteiger partial charge >= 0.3 is 0 Å². The Kier molecular flexibility index (Phi) is 342. The Morgan fingerprint density at radius 3 is 1.43 bits per heavy atom. The molecule has 44 valence electrons. The summed E-state index contributed by atoms with van der Waals surface area (Å²) >= 11 is 0. The fourth-order valence-electron chi connectivity index (χ4n) is 0. The van der Waals surface area contributed by atoms with E-state index in [9.17, 15) is 0 Å². The second-order valence-corrected chi connectivity index (χ2v) is 0.141. The van der Waals surface area contributed by atoms with Crippen molar-refractivity contribution in [2.75, 3.05) is 7.11 Å². The van der Waals surface area contributed by atoms with Crippen LogP contribution in [0.25, 0.3) is 0 Å². The zero-order valence-electron chi connectivity index (χ0n) is 4.05. The van der Waals surface area contributed by atoms with Crippen molar-refractivity contribution in [1.29, 1.82) is 0 Å². The van der Waals surface area contributed by atoms with E-state index in [1.807, 2.05) is 0 Å². The van der Waals surface area contributed by atoms with Crippen LogP contribution in [0.5, 0.6) is 0 Å². The third kappa shape index (κ3) is 651. The summed E-state index contributed by atoms with van der Waals surface area (Å²) in [6.07, 6.45) is 0. The third-order valence-electron chi connectivity index (χ3n) is 0. The van der Waals surface area contributed by atoms with Gasteiger partial charge < -0.3 is 15.8 Å². The Bertz CT molecular complexity index is 20.4. The van der Waals surface area contributed by atoms with Crippen molar-refractivity contribution in [3.8, 4) is 0 Å². The first-order chi connectivity index (χ1) is 2.41. The molecule has 0 aromatic rings. The van der Waals surface area contributed by atoms with E-state index >= 15 is 0 Å². The van der Waals surface area contributed by atoms with Crippen LogP contribution in [0.1, 0.15) is 0 Å². The normalized spacial score (nSPS) is 2.57. The predicted octanol–water partition coefficient (Wildman–Crippen LogP) is -1.14. The van der Waals surface area contributed by atoms with Crippen LogP contribution in [-0.4, -0.2) is 29.6 Å². The van der Waals surface area contributed by atoms with Gasteiger partial charge in [-0.25, -0.2) is 0 Å². The molecule has 0 aromatic carbocycles. The van der Waals surface area contributed by atoms with Crippen LogP contribution in [0.4, 0.5) is 0 Å². The number of hydrogen-bond acceptors (Lipinski definition) is 3. The van der Waals surface area contributed by atoms with E-state index in [1.165, 1.54) is 0 Å². The maximum absolute atomic E-state index is 7.08. The standard InChI is InChI=1S/CH3NO.CH4O.H2O.U/c1-2-3;1-2;;/h3H,1H2;2H,1H3;1H2;. The summed E-state index contributed by atoms with van der Waals surface area (Å²) in [5.41, 5.74) is 0. The van der Waals surface area contributed by atoms with Crippen LogP contribution in [0, 0.1) is 31.1 Å². The molecule has 0 saturated heterocycles. The molecule has 0 aliphatic heterocycles. The Balaban J connectivity index is -0.0000000105. The number of oxime groups is 1. The average Bonchev–Trinajstić information content (AvgIpc) is 1.46. The molecule has 0 unspecified atom stereocenters. The molecule has 0 aliphatic carbocycles. The minimum Gasteiger partial charge on any atom is -0.412 e. The first-order valence-corrected chi connectivity index (χ1v) is 0.963. The van der Waals surface area contributed by atoms with Gasteiger partial charge in [-0.3, -0.25) is 0 Å². The monoisotopic (exact) mass is 333 g/mol. The molecule has 5 heteroatoms. The molecule has 4 N–H and O–H groups in total. The van der Waals surface area contributed by atoms with Gasteiger partial charge in [0.2, 0.25) is 0 Å². The number of rotatable bonds is 0. The van der Waals surface area contributed by atoms with Crippen LogP contribution in [0.2, 0.25) is 0 Å². The van der Waals surface area contributed by atoms with Gasteiger partial charge in [-0.2, -0.15) is 0 Å². The van der Waals surface area contributed by atoms with Crippen molar-refractivity contribution in [2.24, 2.45) is 5.16 Å². The van der Waals surface area contributed by atoms with E-state index in [0.29, 0.717) is 0 Å². The van der Waals surface area contributed by atoms with E-state index in [1.54, 1.807) is 0 Å². The molecule has 0 aliphatic rings. The summed E-state index contributed by atoms with van der Waals surface area (Å²) in [5.74, 6) is 0. The van der Waals surface area contributed by atoms with Gasteiger partial charge in [0.15, 0.2) is 0 Å². The molecule has 0 amide bonds. The van der Waals surface area contributed by atoms with Crippen LogP contribution in [0.15, 0.2) is 5.16 Å². The number of aliphatic hydroxyl groups is 1. The topological polar surface area (TPSA) is 84.3 Å². The van der Waals surface area contributed by atoms with E-state index in [4.69, 9.17) is 10.3 Å². The zero-order chi connectivity index (χ0) is 4.71. The van der Waals surface area contributed by atoms with E-state index < -0.39 is 0 Å². The molecule has 0 rings (SSSR count). The quantitative estimate of drug-likeness (QED) is 0.334. The summed E-state index contributed by atoms with van der Waals surface area (Å²) in [6.45, 7) is 2.67. The maximum Gasteiger partial charge on any atom is 0.0319 e. The molecule has 0 heterocycles. The smallest absolute Gasteiger partial charge is 0.0319 e. The minimum absolute atomic E-state index is 0. The fourth-order valence-corrected chi connectivity index (χ4v) is 0. The molecule has 0 aromatic heterocycles. The van der Waals surface area contributed by atoms with Crippen molar-refractivity contribution >= 4 is 6.72 Å². The van der Waals surface area contributed by atoms with Crippen LogP contribution < -0.4 is 0 Å². The number of nitrogens with zero attached hydrogens (tertiary/aromatic N) is 1. The minimum atomic E-state index is 0. The maximum atomic E-state index is 7.08. The Morgan fingerprint density at radius 2 is 1.43 bits per heavy atom. The van der Waals surface area contributed by atoms with Crippen molar-refractivity contribution in [3.05, 3.63) is 0 Å². The molecular weight excluding hydrogens is 324 g/mol. The van der Waals surface area contributed by atoms with Gasteiger partial charge in [-0.15, -0.1) is 5.16 Å². The largest absolute Gasteiger partial charge is 0.412 e. The fraction of sp³-hybridized carbons (Fsp3) is 0.500. The van der Waals surface area contributed by atoms with Gasteiger partial charge in [-0.1, -0.05) is 0 Å². The van der Waals surface area contributed by atoms with Gasteiger partial charge in [-0.05, 0) is 0 Å². The van der Waals surface area contributed by atoms with E-state index in [2.05, 4.69) is 11.9 Å².